The Morgan fingerprint density at radius 2 is 1.90 bits per heavy atom. The highest BCUT2D eigenvalue weighted by Gasteiger charge is 2.23. The van der Waals surface area contributed by atoms with Gasteiger partial charge in [0.2, 0.25) is 0 Å². The third-order valence-electron chi connectivity index (χ3n) is 3.30. The first-order valence-electron chi connectivity index (χ1n) is 7.07. The minimum Gasteiger partial charge on any atom is -0.457 e. The molecule has 1 N–H and O–H groups in total. The molecule has 1 heterocycles. The monoisotopic (exact) mass is 283 g/mol. The second kappa shape index (κ2) is 6.41. The number of anilines is 1. The molecule has 4 heteroatoms. The fourth-order valence-corrected chi connectivity index (χ4v) is 2.27. The van der Waals surface area contributed by atoms with Gasteiger partial charge < -0.3 is 14.8 Å². The highest BCUT2D eigenvalue weighted by molar-refractivity contribution is 5.94. The number of nitrogens with one attached hydrogen (secondary N) is 1. The molecule has 2 aromatic rings. The average molecular weight is 283 g/mol. The Kier molecular flexibility index (Phi) is 4.17. The molecule has 1 unspecified atom stereocenters. The molecule has 0 aliphatic carbocycles. The van der Waals surface area contributed by atoms with Gasteiger partial charge in [0.1, 0.15) is 17.6 Å². The lowest BCUT2D eigenvalue weighted by Crippen LogP contribution is -2.26. The number of rotatable bonds is 4. The molecule has 0 spiro atoms. The van der Waals surface area contributed by atoms with E-state index in [0.717, 1.165) is 18.6 Å². The van der Waals surface area contributed by atoms with E-state index in [1.807, 2.05) is 48.5 Å². The van der Waals surface area contributed by atoms with Gasteiger partial charge in [0.05, 0.1) is 0 Å². The topological polar surface area (TPSA) is 47.6 Å². The third-order valence-corrected chi connectivity index (χ3v) is 3.30. The summed E-state index contributed by atoms with van der Waals surface area (Å²) in [6.07, 6.45) is 1.39. The molecule has 108 valence electrons. The van der Waals surface area contributed by atoms with Crippen LogP contribution in [0.3, 0.4) is 0 Å². The van der Waals surface area contributed by atoms with Gasteiger partial charge >= 0.3 is 0 Å². The number of carbonyl (C=O) groups is 1. The molecule has 1 aliphatic rings. The van der Waals surface area contributed by atoms with Crippen molar-refractivity contribution in [2.45, 2.75) is 18.9 Å². The van der Waals surface area contributed by atoms with E-state index < -0.39 is 0 Å². The van der Waals surface area contributed by atoms with Gasteiger partial charge in [0.25, 0.3) is 5.91 Å². The summed E-state index contributed by atoms with van der Waals surface area (Å²) >= 11 is 0. The molecule has 0 aromatic heterocycles. The van der Waals surface area contributed by atoms with Crippen molar-refractivity contribution in [2.24, 2.45) is 0 Å². The Morgan fingerprint density at radius 1 is 1.10 bits per heavy atom. The first-order valence-corrected chi connectivity index (χ1v) is 7.07. The summed E-state index contributed by atoms with van der Waals surface area (Å²) in [6, 6.07) is 16.9. The van der Waals surface area contributed by atoms with Crippen molar-refractivity contribution >= 4 is 11.6 Å². The number of ether oxygens (including phenoxy) is 2. The number of hydrogen-bond donors (Lipinski definition) is 1. The van der Waals surface area contributed by atoms with Crippen LogP contribution in [0.1, 0.15) is 12.8 Å². The maximum atomic E-state index is 12.0. The molecule has 21 heavy (non-hydrogen) atoms. The Hall–Kier alpha value is -2.33. The van der Waals surface area contributed by atoms with Gasteiger partial charge in [-0.3, -0.25) is 4.79 Å². The van der Waals surface area contributed by atoms with Crippen LogP contribution in [0.4, 0.5) is 5.69 Å². The van der Waals surface area contributed by atoms with E-state index in [0.29, 0.717) is 18.0 Å². The Balaban J connectivity index is 1.66. The quantitative estimate of drug-likeness (QED) is 0.932. The maximum absolute atomic E-state index is 12.0. The Bertz CT molecular complexity index is 606. The van der Waals surface area contributed by atoms with Crippen molar-refractivity contribution in [3.05, 3.63) is 54.6 Å². The molecular weight excluding hydrogens is 266 g/mol. The van der Waals surface area contributed by atoms with E-state index in [2.05, 4.69) is 5.32 Å². The van der Waals surface area contributed by atoms with Gasteiger partial charge in [-0.25, -0.2) is 0 Å². The first kappa shape index (κ1) is 13.6. The van der Waals surface area contributed by atoms with Crippen molar-refractivity contribution in [1.82, 2.24) is 0 Å². The van der Waals surface area contributed by atoms with Crippen LogP contribution in [0.15, 0.2) is 54.6 Å². The second-order valence-corrected chi connectivity index (χ2v) is 4.93. The zero-order valence-corrected chi connectivity index (χ0v) is 11.6. The maximum Gasteiger partial charge on any atom is 0.253 e. The van der Waals surface area contributed by atoms with Crippen molar-refractivity contribution < 1.29 is 14.3 Å². The highest BCUT2D eigenvalue weighted by Crippen LogP contribution is 2.24. The molecule has 3 rings (SSSR count). The molecule has 1 saturated heterocycles. The molecule has 4 nitrogen and oxygen atoms in total. The minimum atomic E-state index is -0.330. The van der Waals surface area contributed by atoms with E-state index in [1.165, 1.54) is 0 Å². The molecule has 2 aromatic carbocycles. The van der Waals surface area contributed by atoms with Crippen LogP contribution in [0, 0.1) is 0 Å². The van der Waals surface area contributed by atoms with Crippen molar-refractivity contribution in [3.63, 3.8) is 0 Å². The van der Waals surface area contributed by atoms with Crippen LogP contribution in [0.25, 0.3) is 0 Å². The number of amides is 1. The average Bonchev–Trinajstić information content (AvgIpc) is 3.03. The second-order valence-electron chi connectivity index (χ2n) is 4.93. The number of carbonyl (C=O) groups excluding carboxylic acids is 1. The van der Waals surface area contributed by atoms with E-state index in [1.54, 1.807) is 6.07 Å². The predicted octanol–water partition coefficient (Wildman–Crippen LogP) is 3.60. The lowest BCUT2D eigenvalue weighted by Gasteiger charge is -2.11. The van der Waals surface area contributed by atoms with E-state index in [-0.39, 0.29) is 12.0 Å². The highest BCUT2D eigenvalue weighted by atomic mass is 16.5. The summed E-state index contributed by atoms with van der Waals surface area (Å²) in [5, 5.41) is 2.87. The van der Waals surface area contributed by atoms with Crippen LogP contribution in [-0.2, 0) is 9.53 Å². The molecule has 0 saturated carbocycles. The van der Waals surface area contributed by atoms with Crippen LogP contribution in [0.5, 0.6) is 11.5 Å². The summed E-state index contributed by atoms with van der Waals surface area (Å²) in [6.45, 7) is 0.662. The van der Waals surface area contributed by atoms with E-state index >= 15 is 0 Å². The number of hydrogen-bond acceptors (Lipinski definition) is 3. The number of para-hydroxylation sites is 1. The zero-order chi connectivity index (χ0) is 14.5. The summed E-state index contributed by atoms with van der Waals surface area (Å²) in [4.78, 5) is 12.0. The summed E-state index contributed by atoms with van der Waals surface area (Å²) < 4.78 is 11.1. The summed E-state index contributed by atoms with van der Waals surface area (Å²) in [5.74, 6) is 1.36. The predicted molar refractivity (Wildman–Crippen MR) is 80.6 cm³/mol. The lowest BCUT2D eigenvalue weighted by atomic mass is 10.2. The van der Waals surface area contributed by atoms with Crippen LogP contribution < -0.4 is 10.1 Å². The smallest absolute Gasteiger partial charge is 0.253 e. The zero-order valence-electron chi connectivity index (χ0n) is 11.6. The fraction of sp³-hybridized carbons (Fsp3) is 0.235. The van der Waals surface area contributed by atoms with Crippen LogP contribution in [-0.4, -0.2) is 18.6 Å². The molecule has 0 bridgehead atoms. The normalized spacial score (nSPS) is 17.4. The van der Waals surface area contributed by atoms with Gasteiger partial charge in [-0.05, 0) is 37.1 Å². The molecule has 1 amide bonds. The van der Waals surface area contributed by atoms with E-state index in [4.69, 9.17) is 9.47 Å². The molecular formula is C17H17NO3. The third kappa shape index (κ3) is 3.61. The van der Waals surface area contributed by atoms with Gasteiger partial charge in [-0.1, -0.05) is 24.3 Å². The largest absolute Gasteiger partial charge is 0.457 e. The standard InChI is InChI=1S/C17H17NO3/c19-17(16-10-5-11-20-16)18-13-6-4-9-15(12-13)21-14-7-2-1-3-8-14/h1-4,6-9,12,16H,5,10-11H2,(H,18,19). The summed E-state index contributed by atoms with van der Waals surface area (Å²) in [7, 11) is 0. The van der Waals surface area contributed by atoms with Crippen molar-refractivity contribution in [2.75, 3.05) is 11.9 Å². The summed E-state index contributed by atoms with van der Waals surface area (Å²) in [5.41, 5.74) is 0.712. The minimum absolute atomic E-state index is 0.0932. The molecule has 0 radical (unpaired) electrons. The Morgan fingerprint density at radius 3 is 2.67 bits per heavy atom. The van der Waals surface area contributed by atoms with Gasteiger partial charge in [-0.2, -0.15) is 0 Å². The molecule has 1 atom stereocenters. The Labute approximate surface area is 123 Å². The van der Waals surface area contributed by atoms with Crippen LogP contribution in [0.2, 0.25) is 0 Å². The van der Waals surface area contributed by atoms with E-state index in [9.17, 15) is 4.79 Å². The molecule has 1 fully saturated rings. The van der Waals surface area contributed by atoms with Gasteiger partial charge in [0.15, 0.2) is 0 Å². The van der Waals surface area contributed by atoms with Crippen molar-refractivity contribution in [1.29, 1.82) is 0 Å². The van der Waals surface area contributed by atoms with Gasteiger partial charge in [-0.15, -0.1) is 0 Å². The lowest BCUT2D eigenvalue weighted by molar-refractivity contribution is -0.124. The number of benzene rings is 2. The molecule has 1 aliphatic heterocycles. The first-order chi connectivity index (χ1) is 10.3. The van der Waals surface area contributed by atoms with Gasteiger partial charge in [0, 0.05) is 18.4 Å². The fourth-order valence-electron chi connectivity index (χ4n) is 2.27. The van der Waals surface area contributed by atoms with Crippen molar-refractivity contribution in [3.8, 4) is 11.5 Å². The SMILES string of the molecule is O=C(Nc1cccc(Oc2ccccc2)c1)C1CCCO1. The van der Waals surface area contributed by atoms with Crippen LogP contribution >= 0.6 is 0 Å².